The van der Waals surface area contributed by atoms with Gasteiger partial charge in [-0.25, -0.2) is 17.2 Å². The summed E-state index contributed by atoms with van der Waals surface area (Å²) in [6, 6.07) is 2.78. The summed E-state index contributed by atoms with van der Waals surface area (Å²) in [5, 5.41) is 0. The lowest BCUT2D eigenvalue weighted by Crippen LogP contribution is -2.16. The average Bonchev–Trinajstić information content (AvgIpc) is 2.21. The van der Waals surface area contributed by atoms with E-state index in [9.17, 15) is 17.2 Å². The predicted octanol–water partition coefficient (Wildman–Crippen LogP) is 1.39. The topological polar surface area (TPSA) is 43.4 Å². The van der Waals surface area contributed by atoms with Gasteiger partial charge >= 0.3 is 0 Å². The number of hydrogen-bond acceptors (Lipinski definition) is 3. The van der Waals surface area contributed by atoms with E-state index in [2.05, 4.69) is 0 Å². The van der Waals surface area contributed by atoms with Gasteiger partial charge in [-0.2, -0.15) is 0 Å². The molecule has 3 nitrogen and oxygen atoms in total. The van der Waals surface area contributed by atoms with E-state index < -0.39 is 21.5 Å². The van der Waals surface area contributed by atoms with Crippen LogP contribution in [0.15, 0.2) is 18.2 Å². The van der Waals surface area contributed by atoms with Crippen molar-refractivity contribution in [3.63, 3.8) is 0 Å². The zero-order valence-electron chi connectivity index (χ0n) is 8.82. The van der Waals surface area contributed by atoms with Gasteiger partial charge in [0.15, 0.2) is 21.4 Å². The Morgan fingerprint density at radius 2 is 2.06 bits per heavy atom. The van der Waals surface area contributed by atoms with Crippen LogP contribution in [-0.2, 0) is 9.84 Å². The predicted molar refractivity (Wildman–Crippen MR) is 59.3 cm³/mol. The number of sulfone groups is 1. The third kappa shape index (κ3) is 4.41. The highest BCUT2D eigenvalue weighted by Crippen LogP contribution is 2.17. The molecule has 92 valence electrons. The van der Waals surface area contributed by atoms with Crippen LogP contribution in [0.25, 0.3) is 0 Å². The molecule has 0 radical (unpaired) electrons. The van der Waals surface area contributed by atoms with Crippen LogP contribution in [-0.4, -0.2) is 26.5 Å². The van der Waals surface area contributed by atoms with Gasteiger partial charge < -0.3 is 4.74 Å². The maximum Gasteiger partial charge on any atom is 0.167 e. The lowest BCUT2D eigenvalue weighted by atomic mass is 10.3. The van der Waals surface area contributed by atoms with Gasteiger partial charge in [-0.05, 0) is 12.1 Å². The molecule has 0 unspecified atom stereocenters. The Bertz CT molecular complexity index is 532. The van der Waals surface area contributed by atoms with Gasteiger partial charge in [0.2, 0.25) is 0 Å². The minimum Gasteiger partial charge on any atom is -0.489 e. The van der Waals surface area contributed by atoms with Gasteiger partial charge in [0.25, 0.3) is 0 Å². The molecule has 0 saturated heterocycles. The molecule has 1 rings (SSSR count). The Morgan fingerprint density at radius 3 is 2.65 bits per heavy atom. The molecule has 0 bridgehead atoms. The number of rotatable bonds is 5. The molecule has 0 atom stereocenters. The van der Waals surface area contributed by atoms with E-state index in [1.807, 2.05) is 5.92 Å². The third-order valence-corrected chi connectivity index (χ3v) is 3.24. The summed E-state index contributed by atoms with van der Waals surface area (Å²) in [6.07, 6.45) is 4.87. The molecule has 0 heterocycles. The van der Waals surface area contributed by atoms with Crippen LogP contribution in [0, 0.1) is 24.0 Å². The minimum absolute atomic E-state index is 0.192. The Hall–Kier alpha value is -1.61. The second-order valence-electron chi connectivity index (χ2n) is 3.22. The first kappa shape index (κ1) is 13.5. The molecule has 0 fully saturated rings. The monoisotopic (exact) mass is 260 g/mol. The molecule has 0 amide bonds. The van der Waals surface area contributed by atoms with Crippen LogP contribution >= 0.6 is 0 Å². The summed E-state index contributed by atoms with van der Waals surface area (Å²) < 4.78 is 52.9. The SMILES string of the molecule is C#CCS(=O)(=O)CCOc1ccc(F)cc1F. The summed E-state index contributed by atoms with van der Waals surface area (Å²) in [5.74, 6) is -0.485. The summed E-state index contributed by atoms with van der Waals surface area (Å²) >= 11 is 0. The molecule has 6 heteroatoms. The summed E-state index contributed by atoms with van der Waals surface area (Å²) in [4.78, 5) is 0. The van der Waals surface area contributed by atoms with Crippen LogP contribution in [0.1, 0.15) is 0 Å². The van der Waals surface area contributed by atoms with E-state index in [1.165, 1.54) is 0 Å². The molecule has 1 aromatic carbocycles. The van der Waals surface area contributed by atoms with E-state index in [0.717, 1.165) is 12.1 Å². The first-order valence-corrected chi connectivity index (χ1v) is 6.48. The Morgan fingerprint density at radius 1 is 1.35 bits per heavy atom. The largest absolute Gasteiger partial charge is 0.489 e. The molecule has 0 aliphatic carbocycles. The molecule has 0 saturated carbocycles. The summed E-state index contributed by atoms with van der Waals surface area (Å²) in [5.41, 5.74) is 0. The van der Waals surface area contributed by atoms with Crippen molar-refractivity contribution in [3.05, 3.63) is 29.8 Å². The fourth-order valence-corrected chi connectivity index (χ4v) is 1.81. The maximum atomic E-state index is 13.1. The number of halogens is 2. The van der Waals surface area contributed by atoms with Gasteiger partial charge in [-0.1, -0.05) is 5.92 Å². The lowest BCUT2D eigenvalue weighted by Gasteiger charge is -2.06. The highest BCUT2D eigenvalue weighted by molar-refractivity contribution is 7.91. The number of benzene rings is 1. The van der Waals surface area contributed by atoms with Crippen LogP contribution in [0.3, 0.4) is 0 Å². The number of hydrogen-bond donors (Lipinski definition) is 0. The first-order chi connectivity index (χ1) is 7.94. The van der Waals surface area contributed by atoms with E-state index in [-0.39, 0.29) is 23.9 Å². The number of ether oxygens (including phenoxy) is 1. The summed E-state index contributed by atoms with van der Waals surface area (Å²) in [7, 11) is -3.38. The first-order valence-electron chi connectivity index (χ1n) is 4.66. The van der Waals surface area contributed by atoms with Gasteiger partial charge in [-0.3, -0.25) is 0 Å². The van der Waals surface area contributed by atoms with E-state index in [4.69, 9.17) is 11.2 Å². The zero-order chi connectivity index (χ0) is 12.9. The van der Waals surface area contributed by atoms with Gasteiger partial charge in [0, 0.05) is 6.07 Å². The summed E-state index contributed by atoms with van der Waals surface area (Å²) in [6.45, 7) is -0.230. The van der Waals surface area contributed by atoms with Gasteiger partial charge in [-0.15, -0.1) is 6.42 Å². The molecular formula is C11H10F2O3S. The normalized spacial score (nSPS) is 10.9. The lowest BCUT2D eigenvalue weighted by molar-refractivity contribution is 0.321. The van der Waals surface area contributed by atoms with E-state index >= 15 is 0 Å². The molecule has 0 aromatic heterocycles. The minimum atomic E-state index is -3.38. The van der Waals surface area contributed by atoms with E-state index in [0.29, 0.717) is 6.07 Å². The van der Waals surface area contributed by atoms with Crippen molar-refractivity contribution >= 4 is 9.84 Å². The highest BCUT2D eigenvalue weighted by atomic mass is 32.2. The Balaban J connectivity index is 2.55. The number of terminal acetylenes is 1. The van der Waals surface area contributed by atoms with Crippen molar-refractivity contribution in [1.82, 2.24) is 0 Å². The molecule has 0 spiro atoms. The smallest absolute Gasteiger partial charge is 0.167 e. The molecule has 0 aliphatic rings. The van der Waals surface area contributed by atoms with E-state index in [1.54, 1.807) is 0 Å². The second-order valence-corrected chi connectivity index (χ2v) is 5.40. The third-order valence-electron chi connectivity index (χ3n) is 1.85. The average molecular weight is 260 g/mol. The van der Waals surface area contributed by atoms with Crippen LogP contribution in [0.2, 0.25) is 0 Å². The fourth-order valence-electron chi connectivity index (χ4n) is 1.07. The standard InChI is InChI=1S/C11H10F2O3S/c1-2-6-17(14,15)7-5-16-11-4-3-9(12)8-10(11)13/h1,3-4,8H,5-7H2. The van der Waals surface area contributed by atoms with Crippen molar-refractivity contribution in [3.8, 4) is 18.1 Å². The van der Waals surface area contributed by atoms with Crippen molar-refractivity contribution in [2.75, 3.05) is 18.1 Å². The molecule has 1 aromatic rings. The van der Waals surface area contributed by atoms with Crippen molar-refractivity contribution < 1.29 is 21.9 Å². The molecule has 17 heavy (non-hydrogen) atoms. The Kier molecular flexibility index (Phi) is 4.46. The van der Waals surface area contributed by atoms with Crippen molar-refractivity contribution in [2.24, 2.45) is 0 Å². The highest BCUT2D eigenvalue weighted by Gasteiger charge is 2.10. The van der Waals surface area contributed by atoms with Crippen molar-refractivity contribution in [1.29, 1.82) is 0 Å². The van der Waals surface area contributed by atoms with Crippen molar-refractivity contribution in [2.45, 2.75) is 0 Å². The maximum absolute atomic E-state index is 13.1. The Labute approximate surface area is 98.3 Å². The van der Waals surface area contributed by atoms with Crippen LogP contribution in [0.5, 0.6) is 5.75 Å². The second kappa shape index (κ2) is 5.64. The molecular weight excluding hydrogens is 250 g/mol. The zero-order valence-corrected chi connectivity index (χ0v) is 9.64. The molecule has 0 aliphatic heterocycles. The van der Waals surface area contributed by atoms with Crippen LogP contribution in [0.4, 0.5) is 8.78 Å². The van der Waals surface area contributed by atoms with Gasteiger partial charge in [0.05, 0.1) is 5.75 Å². The quantitative estimate of drug-likeness (QED) is 0.751. The van der Waals surface area contributed by atoms with Crippen LogP contribution < -0.4 is 4.74 Å². The molecule has 0 N–H and O–H groups in total. The fraction of sp³-hybridized carbons (Fsp3) is 0.273. The van der Waals surface area contributed by atoms with Gasteiger partial charge in [0.1, 0.15) is 18.2 Å².